The van der Waals surface area contributed by atoms with Crippen LogP contribution in [0.25, 0.3) is 0 Å². The van der Waals surface area contributed by atoms with Crippen LogP contribution in [0.15, 0.2) is 0 Å². The molecule has 0 radical (unpaired) electrons. The lowest BCUT2D eigenvalue weighted by Crippen LogP contribution is -2.22. The summed E-state index contributed by atoms with van der Waals surface area (Å²) in [6.07, 6.45) is 4.22. The molecule has 0 spiro atoms. The summed E-state index contributed by atoms with van der Waals surface area (Å²) in [6, 6.07) is 0. The molecule has 0 aliphatic heterocycles. The van der Waals surface area contributed by atoms with Gasteiger partial charge in [0, 0.05) is 0 Å². The lowest BCUT2D eigenvalue weighted by molar-refractivity contribution is 0.378. The fraction of sp³-hybridized carbons (Fsp3) is 1.00. The number of rotatable bonds is 1. The van der Waals surface area contributed by atoms with E-state index >= 15 is 0 Å². The van der Waals surface area contributed by atoms with Crippen molar-refractivity contribution in [2.24, 2.45) is 5.92 Å². The van der Waals surface area contributed by atoms with Crippen LogP contribution in [0, 0.1) is 5.92 Å². The van der Waals surface area contributed by atoms with Gasteiger partial charge in [0.15, 0.2) is 11.1 Å². The van der Waals surface area contributed by atoms with Gasteiger partial charge >= 0.3 is 0 Å². The van der Waals surface area contributed by atoms with Crippen molar-refractivity contribution in [1.29, 1.82) is 0 Å². The first kappa shape index (κ1) is 8.21. The zero-order chi connectivity index (χ0) is 7.56. The third kappa shape index (κ3) is 2.06. The van der Waals surface area contributed by atoms with Crippen molar-refractivity contribution in [3.63, 3.8) is 0 Å². The molecular weight excluding hydrogens is 148 g/mol. The Kier molecular flexibility index (Phi) is 2.86. The van der Waals surface area contributed by atoms with E-state index in [9.17, 15) is 4.21 Å². The first-order valence-corrected chi connectivity index (χ1v) is 4.97. The van der Waals surface area contributed by atoms with Crippen LogP contribution < -0.4 is 0 Å². The third-order valence-electron chi connectivity index (χ3n) is 2.17. The summed E-state index contributed by atoms with van der Waals surface area (Å²) >= 11 is -1.57. The Morgan fingerprint density at radius 1 is 1.50 bits per heavy atom. The third-order valence-corrected chi connectivity index (χ3v) is 3.17. The van der Waals surface area contributed by atoms with Crippen LogP contribution in [0.1, 0.15) is 32.6 Å². The average molecular weight is 162 g/mol. The van der Waals surface area contributed by atoms with Crippen LogP contribution in [-0.4, -0.2) is 14.0 Å². The molecule has 1 saturated carbocycles. The minimum Gasteiger partial charge on any atom is -0.306 e. The van der Waals surface area contributed by atoms with Crippen LogP contribution in [-0.2, 0) is 11.1 Å². The zero-order valence-electron chi connectivity index (χ0n) is 6.25. The first-order valence-electron chi connectivity index (χ1n) is 3.80. The van der Waals surface area contributed by atoms with Crippen molar-refractivity contribution in [2.45, 2.75) is 37.9 Å². The molecule has 1 rings (SSSR count). The highest BCUT2D eigenvalue weighted by Crippen LogP contribution is 2.26. The molecule has 1 N–H and O–H groups in total. The summed E-state index contributed by atoms with van der Waals surface area (Å²) in [6.45, 7) is 2.15. The summed E-state index contributed by atoms with van der Waals surface area (Å²) in [4.78, 5) is 0. The van der Waals surface area contributed by atoms with Gasteiger partial charge in [-0.1, -0.05) is 19.8 Å². The van der Waals surface area contributed by atoms with Crippen LogP contribution in [0.3, 0.4) is 0 Å². The van der Waals surface area contributed by atoms with Gasteiger partial charge < -0.3 is 4.55 Å². The maximum Gasteiger partial charge on any atom is 0.155 e. The van der Waals surface area contributed by atoms with Crippen molar-refractivity contribution in [2.75, 3.05) is 0 Å². The maximum absolute atomic E-state index is 10.6. The molecule has 1 fully saturated rings. The van der Waals surface area contributed by atoms with E-state index < -0.39 is 11.1 Å². The van der Waals surface area contributed by atoms with Crippen molar-refractivity contribution < 1.29 is 8.76 Å². The quantitative estimate of drug-likeness (QED) is 0.597. The Bertz CT molecular complexity index is 136. The fourth-order valence-electron chi connectivity index (χ4n) is 1.56. The second-order valence-corrected chi connectivity index (χ2v) is 4.39. The van der Waals surface area contributed by atoms with Gasteiger partial charge in [0.1, 0.15) is 0 Å². The predicted molar refractivity (Wildman–Crippen MR) is 42.2 cm³/mol. The van der Waals surface area contributed by atoms with Gasteiger partial charge in [-0.15, -0.1) is 0 Å². The zero-order valence-corrected chi connectivity index (χ0v) is 7.06. The lowest BCUT2D eigenvalue weighted by atomic mass is 9.91. The standard InChI is InChI=1S/C7H14O2S/c1-6-3-2-4-7(5-6)10(8)9/h6-7H,2-5H2,1H3,(H,8,9). The maximum atomic E-state index is 10.6. The Balaban J connectivity index is 2.39. The Labute approximate surface area is 64.3 Å². The molecular formula is C7H14O2S. The largest absolute Gasteiger partial charge is 0.306 e. The number of hydrogen-bond donors (Lipinski definition) is 1. The highest BCUT2D eigenvalue weighted by atomic mass is 32.2. The highest BCUT2D eigenvalue weighted by Gasteiger charge is 2.22. The predicted octanol–water partition coefficient (Wildman–Crippen LogP) is 1.79. The van der Waals surface area contributed by atoms with Crippen LogP contribution in [0.2, 0.25) is 0 Å². The Morgan fingerprint density at radius 3 is 2.60 bits per heavy atom. The van der Waals surface area contributed by atoms with Gasteiger partial charge in [0.25, 0.3) is 0 Å². The fourth-order valence-corrected chi connectivity index (χ4v) is 2.42. The SMILES string of the molecule is CC1CCCC(S(=O)O)C1. The molecule has 3 unspecified atom stereocenters. The number of hydrogen-bond acceptors (Lipinski definition) is 1. The summed E-state index contributed by atoms with van der Waals surface area (Å²) in [5.74, 6) is 0.648. The molecule has 0 heterocycles. The van der Waals surface area contributed by atoms with Crippen molar-refractivity contribution >= 4 is 11.1 Å². The van der Waals surface area contributed by atoms with Gasteiger partial charge in [-0.3, -0.25) is 0 Å². The summed E-state index contributed by atoms with van der Waals surface area (Å²) in [5, 5.41) is 0.0590. The summed E-state index contributed by atoms with van der Waals surface area (Å²) in [5.41, 5.74) is 0. The highest BCUT2D eigenvalue weighted by molar-refractivity contribution is 7.79. The lowest BCUT2D eigenvalue weighted by Gasteiger charge is -2.23. The van der Waals surface area contributed by atoms with Crippen LogP contribution >= 0.6 is 0 Å². The molecule has 1 aliphatic rings. The molecule has 0 aromatic heterocycles. The van der Waals surface area contributed by atoms with Gasteiger partial charge in [-0.25, -0.2) is 4.21 Å². The van der Waals surface area contributed by atoms with E-state index in [0.29, 0.717) is 5.92 Å². The average Bonchev–Trinajstić information content (AvgIpc) is 1.88. The molecule has 0 amide bonds. The van der Waals surface area contributed by atoms with Gasteiger partial charge in [0.2, 0.25) is 0 Å². The second-order valence-electron chi connectivity index (χ2n) is 3.17. The van der Waals surface area contributed by atoms with Crippen LogP contribution in [0.5, 0.6) is 0 Å². The van der Waals surface area contributed by atoms with Gasteiger partial charge in [-0.05, 0) is 18.8 Å². The minimum atomic E-state index is -1.57. The molecule has 1 aliphatic carbocycles. The van der Waals surface area contributed by atoms with Crippen LogP contribution in [0.4, 0.5) is 0 Å². The topological polar surface area (TPSA) is 37.3 Å². The van der Waals surface area contributed by atoms with Crippen molar-refractivity contribution in [1.82, 2.24) is 0 Å². The molecule has 3 atom stereocenters. The van der Waals surface area contributed by atoms with E-state index in [1.807, 2.05) is 0 Å². The van der Waals surface area contributed by atoms with E-state index in [-0.39, 0.29) is 5.25 Å². The molecule has 0 aromatic rings. The van der Waals surface area contributed by atoms with E-state index in [1.165, 1.54) is 6.42 Å². The smallest absolute Gasteiger partial charge is 0.155 e. The molecule has 0 saturated heterocycles. The second kappa shape index (κ2) is 3.49. The monoisotopic (exact) mass is 162 g/mol. The first-order chi connectivity index (χ1) is 4.70. The molecule has 60 valence electrons. The normalized spacial score (nSPS) is 37.4. The molecule has 2 nitrogen and oxygen atoms in total. The molecule has 3 heteroatoms. The van der Waals surface area contributed by atoms with E-state index in [2.05, 4.69) is 6.92 Å². The minimum absolute atomic E-state index is 0.0590. The van der Waals surface area contributed by atoms with Gasteiger partial charge in [-0.2, -0.15) is 0 Å². The molecule has 0 aromatic carbocycles. The summed E-state index contributed by atoms with van der Waals surface area (Å²) < 4.78 is 19.4. The van der Waals surface area contributed by atoms with E-state index in [0.717, 1.165) is 19.3 Å². The van der Waals surface area contributed by atoms with E-state index in [4.69, 9.17) is 4.55 Å². The van der Waals surface area contributed by atoms with E-state index in [1.54, 1.807) is 0 Å². The van der Waals surface area contributed by atoms with Crippen molar-refractivity contribution in [3.8, 4) is 0 Å². The van der Waals surface area contributed by atoms with Gasteiger partial charge in [0.05, 0.1) is 5.25 Å². The van der Waals surface area contributed by atoms with Crippen molar-refractivity contribution in [3.05, 3.63) is 0 Å². The Hall–Kier alpha value is 0.110. The molecule has 10 heavy (non-hydrogen) atoms. The Morgan fingerprint density at radius 2 is 2.20 bits per heavy atom. The molecule has 0 bridgehead atoms. The summed E-state index contributed by atoms with van der Waals surface area (Å²) in [7, 11) is 0.